The van der Waals surface area contributed by atoms with Gasteiger partial charge in [-0.15, -0.1) is 0 Å². The van der Waals surface area contributed by atoms with Gasteiger partial charge in [0.05, 0.1) is 5.69 Å². The van der Waals surface area contributed by atoms with E-state index in [2.05, 4.69) is 9.97 Å². The van der Waals surface area contributed by atoms with Gasteiger partial charge in [-0.25, -0.2) is 9.97 Å². The molecule has 0 amide bonds. The lowest BCUT2D eigenvalue weighted by Crippen LogP contribution is -2.35. The summed E-state index contributed by atoms with van der Waals surface area (Å²) in [4.78, 5) is 21.4. The van der Waals surface area contributed by atoms with Crippen molar-refractivity contribution in [2.75, 3.05) is 7.05 Å². The fraction of sp³-hybridized carbons (Fsp3) is 0.267. The summed E-state index contributed by atoms with van der Waals surface area (Å²) in [6.07, 6.45) is 1.70. The van der Waals surface area contributed by atoms with Crippen molar-refractivity contribution >= 4 is 5.97 Å². The predicted octanol–water partition coefficient (Wildman–Crippen LogP) is 2.05. The van der Waals surface area contributed by atoms with Crippen LogP contribution >= 0.6 is 0 Å². The van der Waals surface area contributed by atoms with E-state index in [9.17, 15) is 4.79 Å². The normalized spacial score (nSPS) is 12.3. The van der Waals surface area contributed by atoms with Crippen molar-refractivity contribution in [3.05, 3.63) is 48.3 Å². The van der Waals surface area contributed by atoms with Crippen LogP contribution < -0.4 is 0 Å². The molecule has 1 aromatic carbocycles. The first-order chi connectivity index (χ1) is 9.58. The summed E-state index contributed by atoms with van der Waals surface area (Å²) in [7, 11) is 1.77. The SMILES string of the molecule is CC(C(=O)O)N(C)Cc1ccnc(-c2ccccc2)n1. The van der Waals surface area contributed by atoms with Gasteiger partial charge in [-0.05, 0) is 20.0 Å². The highest BCUT2D eigenvalue weighted by Gasteiger charge is 2.17. The molecule has 5 heteroatoms. The Hall–Kier alpha value is -2.27. The lowest BCUT2D eigenvalue weighted by atomic mass is 10.2. The number of hydrogen-bond donors (Lipinski definition) is 1. The van der Waals surface area contributed by atoms with E-state index in [0.717, 1.165) is 11.3 Å². The third-order valence-corrected chi connectivity index (χ3v) is 3.18. The quantitative estimate of drug-likeness (QED) is 0.901. The number of benzene rings is 1. The third-order valence-electron chi connectivity index (χ3n) is 3.18. The number of aliphatic carboxylic acids is 1. The summed E-state index contributed by atoms with van der Waals surface area (Å²) in [5, 5.41) is 8.99. The van der Waals surface area contributed by atoms with Gasteiger partial charge in [0, 0.05) is 18.3 Å². The monoisotopic (exact) mass is 271 g/mol. The van der Waals surface area contributed by atoms with Gasteiger partial charge in [-0.2, -0.15) is 0 Å². The van der Waals surface area contributed by atoms with Crippen LogP contribution in [0.5, 0.6) is 0 Å². The first-order valence-electron chi connectivity index (χ1n) is 6.38. The van der Waals surface area contributed by atoms with Crippen molar-refractivity contribution in [1.29, 1.82) is 0 Å². The average molecular weight is 271 g/mol. The Morgan fingerprint density at radius 3 is 2.65 bits per heavy atom. The Bertz CT molecular complexity index is 587. The van der Waals surface area contributed by atoms with Crippen molar-refractivity contribution in [2.45, 2.75) is 19.5 Å². The second-order valence-corrected chi connectivity index (χ2v) is 4.67. The molecule has 104 valence electrons. The maximum atomic E-state index is 10.9. The molecule has 20 heavy (non-hydrogen) atoms. The molecule has 1 unspecified atom stereocenters. The second kappa shape index (κ2) is 6.25. The molecule has 1 atom stereocenters. The van der Waals surface area contributed by atoms with Crippen LogP contribution in [0.2, 0.25) is 0 Å². The molecule has 0 saturated heterocycles. The Labute approximate surface area is 117 Å². The van der Waals surface area contributed by atoms with E-state index in [4.69, 9.17) is 5.11 Å². The molecule has 1 aromatic heterocycles. The predicted molar refractivity (Wildman–Crippen MR) is 76.0 cm³/mol. The summed E-state index contributed by atoms with van der Waals surface area (Å²) < 4.78 is 0. The average Bonchev–Trinajstić information content (AvgIpc) is 2.47. The van der Waals surface area contributed by atoms with E-state index in [1.54, 1.807) is 31.1 Å². The fourth-order valence-electron chi connectivity index (χ4n) is 1.79. The molecular formula is C15H17N3O2. The van der Waals surface area contributed by atoms with Crippen LogP contribution in [0.25, 0.3) is 11.4 Å². The first-order valence-corrected chi connectivity index (χ1v) is 6.38. The molecule has 2 aromatic rings. The minimum Gasteiger partial charge on any atom is -0.480 e. The lowest BCUT2D eigenvalue weighted by Gasteiger charge is -2.20. The Kier molecular flexibility index (Phi) is 4.42. The van der Waals surface area contributed by atoms with Crippen LogP contribution in [0.3, 0.4) is 0 Å². The molecule has 0 saturated carbocycles. The van der Waals surface area contributed by atoms with Crippen molar-refractivity contribution < 1.29 is 9.90 Å². The van der Waals surface area contributed by atoms with Crippen LogP contribution in [-0.2, 0) is 11.3 Å². The molecule has 0 spiro atoms. The van der Waals surface area contributed by atoms with Gasteiger partial charge in [0.15, 0.2) is 5.82 Å². The van der Waals surface area contributed by atoms with Crippen molar-refractivity contribution in [1.82, 2.24) is 14.9 Å². The summed E-state index contributed by atoms with van der Waals surface area (Å²) >= 11 is 0. The molecular weight excluding hydrogens is 254 g/mol. The largest absolute Gasteiger partial charge is 0.480 e. The Balaban J connectivity index is 2.17. The van der Waals surface area contributed by atoms with Gasteiger partial charge in [-0.3, -0.25) is 9.69 Å². The number of carbonyl (C=O) groups is 1. The van der Waals surface area contributed by atoms with Gasteiger partial charge < -0.3 is 5.11 Å². The van der Waals surface area contributed by atoms with Crippen LogP contribution in [0, 0.1) is 0 Å². The van der Waals surface area contributed by atoms with Crippen LogP contribution in [0.1, 0.15) is 12.6 Å². The Morgan fingerprint density at radius 2 is 2.00 bits per heavy atom. The van der Waals surface area contributed by atoms with Crippen LogP contribution in [-0.4, -0.2) is 39.0 Å². The number of nitrogens with zero attached hydrogens (tertiary/aromatic N) is 3. The first kappa shape index (κ1) is 14.1. The fourth-order valence-corrected chi connectivity index (χ4v) is 1.79. The van der Waals surface area contributed by atoms with Crippen molar-refractivity contribution in [3.63, 3.8) is 0 Å². The molecule has 0 aliphatic heterocycles. The summed E-state index contributed by atoms with van der Waals surface area (Å²) in [5.74, 6) is -0.190. The molecule has 2 rings (SSSR count). The Morgan fingerprint density at radius 1 is 1.30 bits per heavy atom. The van der Waals surface area contributed by atoms with Gasteiger partial charge in [0.1, 0.15) is 6.04 Å². The molecule has 0 radical (unpaired) electrons. The number of carboxylic acids is 1. The topological polar surface area (TPSA) is 66.3 Å². The zero-order valence-electron chi connectivity index (χ0n) is 11.5. The molecule has 5 nitrogen and oxygen atoms in total. The van der Waals surface area contributed by atoms with Crippen LogP contribution in [0.4, 0.5) is 0 Å². The zero-order chi connectivity index (χ0) is 14.5. The number of likely N-dealkylation sites (N-methyl/N-ethyl adjacent to an activating group) is 1. The van der Waals surface area contributed by atoms with Gasteiger partial charge in [-0.1, -0.05) is 30.3 Å². The summed E-state index contributed by atoms with van der Waals surface area (Å²) in [5.41, 5.74) is 1.75. The van der Waals surface area contributed by atoms with Crippen molar-refractivity contribution in [2.24, 2.45) is 0 Å². The maximum absolute atomic E-state index is 10.9. The highest BCUT2D eigenvalue weighted by molar-refractivity contribution is 5.72. The van der Waals surface area contributed by atoms with E-state index in [0.29, 0.717) is 12.4 Å². The molecule has 0 fully saturated rings. The molecule has 0 bridgehead atoms. The number of rotatable bonds is 5. The highest BCUT2D eigenvalue weighted by atomic mass is 16.4. The summed E-state index contributed by atoms with van der Waals surface area (Å²) in [6, 6.07) is 11.0. The van der Waals surface area contributed by atoms with E-state index in [1.165, 1.54) is 0 Å². The smallest absolute Gasteiger partial charge is 0.320 e. The van der Waals surface area contributed by atoms with Crippen LogP contribution in [0.15, 0.2) is 42.6 Å². The second-order valence-electron chi connectivity index (χ2n) is 4.67. The number of carboxylic acid groups (broad SMARTS) is 1. The molecule has 1 heterocycles. The van der Waals surface area contributed by atoms with Gasteiger partial charge >= 0.3 is 5.97 Å². The zero-order valence-corrected chi connectivity index (χ0v) is 11.5. The number of aromatic nitrogens is 2. The molecule has 0 aliphatic carbocycles. The van der Waals surface area contributed by atoms with E-state index in [1.807, 2.05) is 30.3 Å². The van der Waals surface area contributed by atoms with Gasteiger partial charge in [0.25, 0.3) is 0 Å². The minimum atomic E-state index is -0.843. The molecule has 1 N–H and O–H groups in total. The number of hydrogen-bond acceptors (Lipinski definition) is 4. The molecule has 0 aliphatic rings. The lowest BCUT2D eigenvalue weighted by molar-refractivity contribution is -0.142. The van der Waals surface area contributed by atoms with Crippen molar-refractivity contribution in [3.8, 4) is 11.4 Å². The highest BCUT2D eigenvalue weighted by Crippen LogP contribution is 2.14. The third kappa shape index (κ3) is 3.39. The van der Waals surface area contributed by atoms with E-state index in [-0.39, 0.29) is 0 Å². The van der Waals surface area contributed by atoms with E-state index >= 15 is 0 Å². The minimum absolute atomic E-state index is 0.468. The maximum Gasteiger partial charge on any atom is 0.320 e. The van der Waals surface area contributed by atoms with Gasteiger partial charge in [0.2, 0.25) is 0 Å². The van der Waals surface area contributed by atoms with E-state index < -0.39 is 12.0 Å². The summed E-state index contributed by atoms with van der Waals surface area (Å²) in [6.45, 7) is 2.12. The standard InChI is InChI=1S/C15H17N3O2/c1-11(15(19)20)18(2)10-13-8-9-16-14(17-13)12-6-4-3-5-7-12/h3-9,11H,10H2,1-2H3,(H,19,20).